The third kappa shape index (κ3) is 4.04. The zero-order valence-corrected chi connectivity index (χ0v) is 14.0. The van der Waals surface area contributed by atoms with Gasteiger partial charge in [0, 0.05) is 31.3 Å². The molecule has 140 valence electrons. The summed E-state index contributed by atoms with van der Waals surface area (Å²) in [4.78, 5) is 1.82. The standard InChI is InChI=1S/C19H19F5N2/c20-13-6-7-15(17(21)12-13)18(26-10-3-8-25-9-11-26)14-4-1-2-5-16(14)19(22,23)24/h1-2,4-7,12,18,25H,3,8-11H2. The third-order valence-electron chi connectivity index (χ3n) is 4.56. The van der Waals surface area contributed by atoms with E-state index in [1.165, 1.54) is 24.3 Å². The first-order valence-electron chi connectivity index (χ1n) is 8.44. The van der Waals surface area contributed by atoms with E-state index in [1.54, 1.807) is 0 Å². The molecule has 1 aliphatic heterocycles. The summed E-state index contributed by atoms with van der Waals surface area (Å²) in [5, 5.41) is 3.19. The minimum atomic E-state index is -4.56. The Balaban J connectivity index is 2.15. The number of nitrogens with one attached hydrogen (secondary N) is 1. The molecule has 3 rings (SSSR count). The van der Waals surface area contributed by atoms with Gasteiger partial charge in [0.2, 0.25) is 0 Å². The molecule has 2 aromatic rings. The number of rotatable bonds is 3. The van der Waals surface area contributed by atoms with Crippen LogP contribution in [0.3, 0.4) is 0 Å². The second-order valence-electron chi connectivity index (χ2n) is 6.29. The van der Waals surface area contributed by atoms with Crippen LogP contribution in [-0.2, 0) is 6.18 Å². The van der Waals surface area contributed by atoms with Crippen molar-refractivity contribution in [3.63, 3.8) is 0 Å². The average Bonchev–Trinajstić information content (AvgIpc) is 2.86. The molecule has 0 aromatic heterocycles. The second-order valence-corrected chi connectivity index (χ2v) is 6.29. The summed E-state index contributed by atoms with van der Waals surface area (Å²) in [6, 6.07) is 7.29. The number of hydrogen-bond donors (Lipinski definition) is 1. The molecule has 0 spiro atoms. The summed E-state index contributed by atoms with van der Waals surface area (Å²) >= 11 is 0. The first kappa shape index (κ1) is 18.8. The highest BCUT2D eigenvalue weighted by Gasteiger charge is 2.37. The molecule has 26 heavy (non-hydrogen) atoms. The first-order chi connectivity index (χ1) is 12.4. The molecule has 0 saturated carbocycles. The predicted octanol–water partition coefficient (Wildman–Crippen LogP) is 4.37. The third-order valence-corrected chi connectivity index (χ3v) is 4.56. The lowest BCUT2D eigenvalue weighted by molar-refractivity contribution is -0.138. The van der Waals surface area contributed by atoms with Gasteiger partial charge in [0.15, 0.2) is 0 Å². The van der Waals surface area contributed by atoms with Crippen LogP contribution in [0.15, 0.2) is 42.5 Å². The Morgan fingerprint density at radius 1 is 0.923 bits per heavy atom. The maximum Gasteiger partial charge on any atom is 0.416 e. The van der Waals surface area contributed by atoms with Gasteiger partial charge in [-0.15, -0.1) is 0 Å². The van der Waals surface area contributed by atoms with Crippen molar-refractivity contribution in [3.05, 3.63) is 70.8 Å². The van der Waals surface area contributed by atoms with Crippen LogP contribution in [0.1, 0.15) is 29.2 Å². The van der Waals surface area contributed by atoms with Crippen LogP contribution >= 0.6 is 0 Å². The lowest BCUT2D eigenvalue weighted by atomic mass is 9.92. The van der Waals surface area contributed by atoms with Crippen molar-refractivity contribution < 1.29 is 22.0 Å². The van der Waals surface area contributed by atoms with Crippen molar-refractivity contribution in [1.82, 2.24) is 10.2 Å². The topological polar surface area (TPSA) is 15.3 Å². The normalized spacial score (nSPS) is 17.7. The van der Waals surface area contributed by atoms with Gasteiger partial charge >= 0.3 is 6.18 Å². The van der Waals surface area contributed by atoms with Gasteiger partial charge in [0.05, 0.1) is 11.6 Å². The van der Waals surface area contributed by atoms with E-state index in [-0.39, 0.29) is 11.1 Å². The number of hydrogen-bond acceptors (Lipinski definition) is 2. The molecule has 1 saturated heterocycles. The quantitative estimate of drug-likeness (QED) is 0.808. The lowest BCUT2D eigenvalue weighted by Gasteiger charge is -2.33. The van der Waals surface area contributed by atoms with Crippen molar-refractivity contribution in [2.45, 2.75) is 18.6 Å². The summed E-state index contributed by atoms with van der Waals surface area (Å²) in [6.07, 6.45) is -3.83. The van der Waals surface area contributed by atoms with Crippen LogP contribution < -0.4 is 5.32 Å². The van der Waals surface area contributed by atoms with Crippen LogP contribution in [0.2, 0.25) is 0 Å². The summed E-state index contributed by atoms with van der Waals surface area (Å²) < 4.78 is 68.5. The minimum Gasteiger partial charge on any atom is -0.315 e. The Bertz CT molecular complexity index is 752. The minimum absolute atomic E-state index is 0.0209. The van der Waals surface area contributed by atoms with Gasteiger partial charge in [-0.3, -0.25) is 4.90 Å². The molecule has 1 aliphatic rings. The zero-order chi connectivity index (χ0) is 18.7. The van der Waals surface area contributed by atoms with Gasteiger partial charge in [0.25, 0.3) is 0 Å². The smallest absolute Gasteiger partial charge is 0.315 e. The van der Waals surface area contributed by atoms with Crippen molar-refractivity contribution >= 4 is 0 Å². The SMILES string of the molecule is Fc1ccc(C(c2ccccc2C(F)(F)F)N2CCCNCC2)c(F)c1. The van der Waals surface area contributed by atoms with E-state index in [9.17, 15) is 22.0 Å². The molecular weight excluding hydrogens is 351 g/mol. The van der Waals surface area contributed by atoms with E-state index in [1.807, 2.05) is 4.90 Å². The first-order valence-corrected chi connectivity index (χ1v) is 8.44. The molecule has 0 aliphatic carbocycles. The molecule has 1 fully saturated rings. The van der Waals surface area contributed by atoms with Gasteiger partial charge in [-0.1, -0.05) is 24.3 Å². The van der Waals surface area contributed by atoms with Crippen molar-refractivity contribution in [2.24, 2.45) is 0 Å². The number of nitrogens with zero attached hydrogens (tertiary/aromatic N) is 1. The number of benzene rings is 2. The van der Waals surface area contributed by atoms with Gasteiger partial charge in [0.1, 0.15) is 11.6 Å². The van der Waals surface area contributed by atoms with Gasteiger partial charge < -0.3 is 5.32 Å². The molecule has 0 bridgehead atoms. The Morgan fingerprint density at radius 3 is 2.42 bits per heavy atom. The molecule has 1 N–H and O–H groups in total. The Morgan fingerprint density at radius 2 is 1.69 bits per heavy atom. The molecular formula is C19H19F5N2. The van der Waals surface area contributed by atoms with E-state index >= 15 is 0 Å². The van der Waals surface area contributed by atoms with Crippen LogP contribution in [0, 0.1) is 11.6 Å². The van der Waals surface area contributed by atoms with E-state index in [0.717, 1.165) is 25.1 Å². The summed E-state index contributed by atoms with van der Waals surface area (Å²) in [5.74, 6) is -1.60. The average molecular weight is 370 g/mol. The lowest BCUT2D eigenvalue weighted by Crippen LogP contribution is -2.34. The molecule has 2 nitrogen and oxygen atoms in total. The van der Waals surface area contributed by atoms with E-state index in [0.29, 0.717) is 25.7 Å². The van der Waals surface area contributed by atoms with Gasteiger partial charge in [-0.05, 0) is 30.7 Å². The summed E-state index contributed by atoms with van der Waals surface area (Å²) in [5.41, 5.74) is -0.775. The van der Waals surface area contributed by atoms with E-state index in [4.69, 9.17) is 0 Å². The Hall–Kier alpha value is -1.99. The number of alkyl halides is 3. The Labute approximate surface area is 148 Å². The fraction of sp³-hybridized carbons (Fsp3) is 0.368. The van der Waals surface area contributed by atoms with E-state index < -0.39 is 29.4 Å². The largest absolute Gasteiger partial charge is 0.416 e. The second kappa shape index (κ2) is 7.72. The Kier molecular flexibility index (Phi) is 5.58. The zero-order valence-electron chi connectivity index (χ0n) is 14.0. The highest BCUT2D eigenvalue weighted by atomic mass is 19.4. The highest BCUT2D eigenvalue weighted by molar-refractivity contribution is 5.40. The number of halogens is 5. The predicted molar refractivity (Wildman–Crippen MR) is 88.7 cm³/mol. The molecule has 0 amide bonds. The fourth-order valence-electron chi connectivity index (χ4n) is 3.40. The van der Waals surface area contributed by atoms with Gasteiger partial charge in [-0.2, -0.15) is 13.2 Å². The fourth-order valence-corrected chi connectivity index (χ4v) is 3.40. The monoisotopic (exact) mass is 370 g/mol. The van der Waals surface area contributed by atoms with Crippen molar-refractivity contribution in [3.8, 4) is 0 Å². The molecule has 1 unspecified atom stereocenters. The molecule has 1 atom stereocenters. The highest BCUT2D eigenvalue weighted by Crippen LogP contribution is 2.39. The molecule has 1 heterocycles. The van der Waals surface area contributed by atoms with E-state index in [2.05, 4.69) is 5.32 Å². The maximum atomic E-state index is 14.5. The van der Waals surface area contributed by atoms with Crippen molar-refractivity contribution in [1.29, 1.82) is 0 Å². The van der Waals surface area contributed by atoms with Gasteiger partial charge in [-0.25, -0.2) is 8.78 Å². The maximum absolute atomic E-state index is 14.5. The molecule has 0 radical (unpaired) electrons. The summed E-state index contributed by atoms with van der Waals surface area (Å²) in [6.45, 7) is 2.32. The molecule has 2 aromatic carbocycles. The van der Waals surface area contributed by atoms with Crippen molar-refractivity contribution in [2.75, 3.05) is 26.2 Å². The van der Waals surface area contributed by atoms with Crippen LogP contribution in [-0.4, -0.2) is 31.1 Å². The molecule has 7 heteroatoms. The van der Waals surface area contributed by atoms with Crippen LogP contribution in [0.4, 0.5) is 22.0 Å². The van der Waals surface area contributed by atoms with Crippen LogP contribution in [0.5, 0.6) is 0 Å². The van der Waals surface area contributed by atoms with Crippen LogP contribution in [0.25, 0.3) is 0 Å². The summed E-state index contributed by atoms with van der Waals surface area (Å²) in [7, 11) is 0.